The van der Waals surface area contributed by atoms with Crippen molar-refractivity contribution < 1.29 is 18.9 Å². The Morgan fingerprint density at radius 1 is 1.03 bits per heavy atom. The van der Waals surface area contributed by atoms with Crippen LogP contribution in [0.25, 0.3) is 11.3 Å². The third kappa shape index (κ3) is 4.37. The molecule has 30 heavy (non-hydrogen) atoms. The van der Waals surface area contributed by atoms with Crippen LogP contribution in [0.5, 0.6) is 17.2 Å². The predicted octanol–water partition coefficient (Wildman–Crippen LogP) is 4.65. The molecule has 3 aromatic rings. The van der Waals surface area contributed by atoms with Gasteiger partial charge in [0.25, 0.3) is 0 Å². The van der Waals surface area contributed by atoms with Gasteiger partial charge in [-0.15, -0.1) is 11.3 Å². The Morgan fingerprint density at radius 2 is 1.80 bits per heavy atom. The molecule has 6 nitrogen and oxygen atoms in total. The summed E-state index contributed by atoms with van der Waals surface area (Å²) < 4.78 is 24.5. The molecule has 0 amide bonds. The van der Waals surface area contributed by atoms with Gasteiger partial charge >= 0.3 is 0 Å². The van der Waals surface area contributed by atoms with E-state index in [4.69, 9.17) is 23.9 Å². The summed E-state index contributed by atoms with van der Waals surface area (Å²) in [6.45, 7) is 1.56. The maximum Gasteiger partial charge on any atom is 0.190 e. The summed E-state index contributed by atoms with van der Waals surface area (Å²) in [6, 6.07) is 13.6. The zero-order chi connectivity index (χ0) is 20.9. The highest BCUT2D eigenvalue weighted by molar-refractivity contribution is 7.07. The largest absolute Gasteiger partial charge is 0.497 e. The second-order valence-electron chi connectivity index (χ2n) is 7.03. The van der Waals surface area contributed by atoms with Crippen molar-refractivity contribution in [2.24, 2.45) is 4.99 Å². The van der Waals surface area contributed by atoms with E-state index >= 15 is 0 Å². The van der Waals surface area contributed by atoms with Crippen molar-refractivity contribution in [3.05, 3.63) is 52.6 Å². The fourth-order valence-electron chi connectivity index (χ4n) is 3.58. The maximum atomic E-state index is 5.92. The molecule has 0 N–H and O–H groups in total. The van der Waals surface area contributed by atoms with Gasteiger partial charge in [0, 0.05) is 17.6 Å². The van der Waals surface area contributed by atoms with Crippen LogP contribution in [0.4, 0.5) is 5.69 Å². The summed E-state index contributed by atoms with van der Waals surface area (Å²) in [5, 5.41) is 2.12. The average molecular weight is 427 g/mol. The zero-order valence-corrected chi connectivity index (χ0v) is 18.3. The standard InChI is InChI=1S/C23H26N2O4S/c1-26-17-8-6-16(7-9-17)24-23-25(14-19-5-4-12-29-19)21(15-30-23)20-13-18(27-2)10-11-22(20)28-3/h6-11,13,15,19H,4-5,12,14H2,1-3H3. The van der Waals surface area contributed by atoms with Crippen LogP contribution in [-0.4, -0.2) is 38.6 Å². The van der Waals surface area contributed by atoms with Crippen LogP contribution in [0.15, 0.2) is 52.8 Å². The molecule has 0 aliphatic carbocycles. The Morgan fingerprint density at radius 3 is 2.47 bits per heavy atom. The first kappa shape index (κ1) is 20.5. The van der Waals surface area contributed by atoms with Crippen molar-refractivity contribution in [1.82, 2.24) is 4.57 Å². The number of aromatic nitrogens is 1. The highest BCUT2D eigenvalue weighted by Gasteiger charge is 2.20. The third-order valence-corrected chi connectivity index (χ3v) is 6.05. The van der Waals surface area contributed by atoms with E-state index in [1.54, 1.807) is 32.7 Å². The van der Waals surface area contributed by atoms with Crippen LogP contribution < -0.4 is 19.0 Å². The van der Waals surface area contributed by atoms with E-state index < -0.39 is 0 Å². The molecule has 0 spiro atoms. The van der Waals surface area contributed by atoms with E-state index in [1.807, 2.05) is 42.5 Å². The van der Waals surface area contributed by atoms with Crippen molar-refractivity contribution in [2.75, 3.05) is 27.9 Å². The second-order valence-corrected chi connectivity index (χ2v) is 7.86. The third-order valence-electron chi connectivity index (χ3n) is 5.19. The number of thiazole rings is 1. The molecule has 2 aromatic carbocycles. The molecule has 158 valence electrons. The van der Waals surface area contributed by atoms with Gasteiger partial charge < -0.3 is 23.5 Å². The summed E-state index contributed by atoms with van der Waals surface area (Å²) in [7, 11) is 5.02. The van der Waals surface area contributed by atoms with E-state index in [2.05, 4.69) is 9.95 Å². The molecule has 1 aliphatic rings. The summed E-state index contributed by atoms with van der Waals surface area (Å²) in [4.78, 5) is 5.81. The lowest BCUT2D eigenvalue weighted by atomic mass is 10.1. The molecule has 0 radical (unpaired) electrons. The van der Waals surface area contributed by atoms with E-state index in [9.17, 15) is 0 Å². The molecule has 1 saturated heterocycles. The number of nitrogens with zero attached hydrogens (tertiary/aromatic N) is 2. The molecular weight excluding hydrogens is 400 g/mol. The smallest absolute Gasteiger partial charge is 0.190 e. The lowest BCUT2D eigenvalue weighted by Gasteiger charge is -2.16. The summed E-state index contributed by atoms with van der Waals surface area (Å²) in [6.07, 6.45) is 2.34. The number of rotatable bonds is 7. The minimum atomic E-state index is 0.185. The van der Waals surface area contributed by atoms with Crippen LogP contribution in [-0.2, 0) is 11.3 Å². The minimum absolute atomic E-state index is 0.185. The molecule has 1 aliphatic heterocycles. The van der Waals surface area contributed by atoms with Crippen LogP contribution in [0.1, 0.15) is 12.8 Å². The van der Waals surface area contributed by atoms with E-state index in [-0.39, 0.29) is 6.10 Å². The van der Waals surface area contributed by atoms with Gasteiger partial charge in [-0.1, -0.05) is 0 Å². The molecule has 4 rings (SSSR count). The monoisotopic (exact) mass is 426 g/mol. The van der Waals surface area contributed by atoms with Gasteiger partial charge in [0.2, 0.25) is 0 Å². The Balaban J connectivity index is 1.82. The number of methoxy groups -OCH3 is 3. The Bertz CT molecular complexity index is 1050. The Labute approximate surface area is 180 Å². The first-order valence-corrected chi connectivity index (χ1v) is 10.8. The van der Waals surface area contributed by atoms with Crippen LogP contribution >= 0.6 is 11.3 Å². The number of ether oxygens (including phenoxy) is 4. The molecule has 1 atom stereocenters. The molecule has 1 fully saturated rings. The molecule has 0 saturated carbocycles. The van der Waals surface area contributed by atoms with Gasteiger partial charge in [-0.05, 0) is 55.3 Å². The molecular formula is C23H26N2O4S. The lowest BCUT2D eigenvalue weighted by molar-refractivity contribution is 0.0968. The maximum absolute atomic E-state index is 5.92. The van der Waals surface area contributed by atoms with Crippen molar-refractivity contribution >= 4 is 17.0 Å². The van der Waals surface area contributed by atoms with Crippen molar-refractivity contribution in [3.63, 3.8) is 0 Å². The normalized spacial score (nSPS) is 16.6. The first-order valence-electron chi connectivity index (χ1n) is 9.93. The zero-order valence-electron chi connectivity index (χ0n) is 17.5. The Kier molecular flexibility index (Phi) is 6.40. The summed E-state index contributed by atoms with van der Waals surface area (Å²) >= 11 is 1.60. The van der Waals surface area contributed by atoms with Gasteiger partial charge in [-0.2, -0.15) is 0 Å². The quantitative estimate of drug-likeness (QED) is 0.552. The fourth-order valence-corrected chi connectivity index (χ4v) is 4.51. The van der Waals surface area contributed by atoms with Gasteiger partial charge in [0.1, 0.15) is 17.2 Å². The van der Waals surface area contributed by atoms with Crippen molar-refractivity contribution in [3.8, 4) is 28.5 Å². The van der Waals surface area contributed by atoms with E-state index in [1.165, 1.54) is 0 Å². The molecule has 2 heterocycles. The molecule has 1 unspecified atom stereocenters. The highest BCUT2D eigenvalue weighted by atomic mass is 32.1. The van der Waals surface area contributed by atoms with Crippen molar-refractivity contribution in [1.29, 1.82) is 0 Å². The SMILES string of the molecule is COc1ccc(N=c2scc(-c3cc(OC)ccc3OC)n2CC2CCCO2)cc1. The predicted molar refractivity (Wildman–Crippen MR) is 118 cm³/mol. The van der Waals surface area contributed by atoms with Crippen LogP contribution in [0, 0.1) is 0 Å². The van der Waals surface area contributed by atoms with Gasteiger partial charge in [-0.3, -0.25) is 0 Å². The highest BCUT2D eigenvalue weighted by Crippen LogP contribution is 2.34. The number of hydrogen-bond donors (Lipinski definition) is 0. The minimum Gasteiger partial charge on any atom is -0.497 e. The van der Waals surface area contributed by atoms with Gasteiger partial charge in [0.05, 0.1) is 45.4 Å². The van der Waals surface area contributed by atoms with Crippen molar-refractivity contribution in [2.45, 2.75) is 25.5 Å². The first-order chi connectivity index (χ1) is 14.7. The number of benzene rings is 2. The van der Waals surface area contributed by atoms with Gasteiger partial charge in [0.15, 0.2) is 4.80 Å². The topological polar surface area (TPSA) is 54.2 Å². The Hall–Kier alpha value is -2.77. The lowest BCUT2D eigenvalue weighted by Crippen LogP contribution is -2.24. The van der Waals surface area contributed by atoms with Crippen LogP contribution in [0.3, 0.4) is 0 Å². The second kappa shape index (κ2) is 9.36. The fraction of sp³-hybridized carbons (Fsp3) is 0.348. The van der Waals surface area contributed by atoms with E-state index in [0.717, 1.165) is 65.0 Å². The molecule has 0 bridgehead atoms. The number of hydrogen-bond acceptors (Lipinski definition) is 6. The summed E-state index contributed by atoms with van der Waals surface area (Å²) in [5.41, 5.74) is 2.89. The molecule has 1 aromatic heterocycles. The summed E-state index contributed by atoms with van der Waals surface area (Å²) in [5.74, 6) is 2.40. The molecule has 7 heteroatoms. The average Bonchev–Trinajstić information content (AvgIpc) is 3.44. The van der Waals surface area contributed by atoms with Crippen LogP contribution in [0.2, 0.25) is 0 Å². The van der Waals surface area contributed by atoms with Gasteiger partial charge in [-0.25, -0.2) is 4.99 Å². The van der Waals surface area contributed by atoms with E-state index in [0.29, 0.717) is 0 Å².